The second-order valence-corrected chi connectivity index (χ2v) is 10.5. The molecule has 196 valence electrons. The van der Waals surface area contributed by atoms with Crippen LogP contribution in [0, 0.1) is 0 Å². The van der Waals surface area contributed by atoms with Crippen molar-refractivity contribution in [3.8, 4) is 11.4 Å². The summed E-state index contributed by atoms with van der Waals surface area (Å²) in [6.45, 7) is 0.707. The molecule has 1 aliphatic carbocycles. The Morgan fingerprint density at radius 2 is 1.56 bits per heavy atom. The quantitative estimate of drug-likeness (QED) is 0.219. The van der Waals surface area contributed by atoms with E-state index in [1.54, 1.807) is 12.1 Å². The summed E-state index contributed by atoms with van der Waals surface area (Å²) < 4.78 is 2.36. The van der Waals surface area contributed by atoms with Crippen molar-refractivity contribution in [1.82, 2.24) is 9.55 Å². The number of anilines is 1. The van der Waals surface area contributed by atoms with Gasteiger partial charge in [0.2, 0.25) is 0 Å². The van der Waals surface area contributed by atoms with Crippen LogP contribution in [0.15, 0.2) is 97.1 Å². The molecular weight excluding hydrogens is 482 g/mol. The van der Waals surface area contributed by atoms with E-state index >= 15 is 0 Å². The first-order valence-corrected chi connectivity index (χ1v) is 13.9. The van der Waals surface area contributed by atoms with Crippen LogP contribution in [0.5, 0.6) is 0 Å². The molecule has 5 heteroatoms. The molecule has 0 bridgehead atoms. The Hall–Kier alpha value is -4.38. The largest absolute Gasteiger partial charge is 0.478 e. The van der Waals surface area contributed by atoms with E-state index in [4.69, 9.17) is 4.98 Å². The summed E-state index contributed by atoms with van der Waals surface area (Å²) in [7, 11) is 0. The standard InChI is InChI=1S/C34H33N3O2/c38-34(39)28-16-19-32-31(22-28)36-33(37(32)30-12-5-2-6-13-30)27-11-7-10-26(21-27)23-35-29-17-14-25(15-18-29)20-24-8-3-1-4-9-24/h1,3-4,7-11,14-19,21-22,30,35H,2,5-6,12-13,20,23H2,(H,38,39). The highest BCUT2D eigenvalue weighted by atomic mass is 16.4. The third kappa shape index (κ3) is 5.58. The number of carbonyl (C=O) groups is 1. The molecule has 0 saturated heterocycles. The van der Waals surface area contributed by atoms with Crippen molar-refractivity contribution in [1.29, 1.82) is 0 Å². The second kappa shape index (κ2) is 11.2. The van der Waals surface area contributed by atoms with E-state index in [1.165, 1.54) is 36.0 Å². The number of aromatic carboxylic acids is 1. The normalized spacial score (nSPS) is 13.9. The highest BCUT2D eigenvalue weighted by Gasteiger charge is 2.23. The van der Waals surface area contributed by atoms with Crippen LogP contribution in [-0.2, 0) is 13.0 Å². The number of carboxylic acid groups (broad SMARTS) is 1. The van der Waals surface area contributed by atoms with Crippen molar-refractivity contribution < 1.29 is 9.90 Å². The minimum absolute atomic E-state index is 0.273. The van der Waals surface area contributed by atoms with Gasteiger partial charge in [-0.25, -0.2) is 9.78 Å². The average Bonchev–Trinajstić information content (AvgIpc) is 3.37. The molecule has 1 saturated carbocycles. The first kappa shape index (κ1) is 24.9. The predicted molar refractivity (Wildman–Crippen MR) is 157 cm³/mol. The average molecular weight is 516 g/mol. The third-order valence-electron chi connectivity index (χ3n) is 7.76. The molecule has 0 radical (unpaired) electrons. The first-order chi connectivity index (χ1) is 19.1. The van der Waals surface area contributed by atoms with Crippen molar-refractivity contribution in [2.24, 2.45) is 0 Å². The number of hydrogen-bond donors (Lipinski definition) is 2. The topological polar surface area (TPSA) is 67.2 Å². The van der Waals surface area contributed by atoms with Crippen molar-refractivity contribution >= 4 is 22.7 Å². The van der Waals surface area contributed by atoms with Crippen LogP contribution in [0.2, 0.25) is 0 Å². The number of benzene rings is 4. The lowest BCUT2D eigenvalue weighted by Gasteiger charge is -2.25. The second-order valence-electron chi connectivity index (χ2n) is 10.5. The Balaban J connectivity index is 1.24. The Morgan fingerprint density at radius 3 is 2.33 bits per heavy atom. The summed E-state index contributed by atoms with van der Waals surface area (Å²) in [5.41, 5.74) is 7.97. The minimum Gasteiger partial charge on any atom is -0.478 e. The molecule has 1 aromatic heterocycles. The van der Waals surface area contributed by atoms with Gasteiger partial charge in [0.25, 0.3) is 0 Å². The van der Waals surface area contributed by atoms with Gasteiger partial charge in [-0.15, -0.1) is 0 Å². The Kier molecular flexibility index (Phi) is 7.13. The van der Waals surface area contributed by atoms with Gasteiger partial charge in [-0.1, -0.05) is 79.9 Å². The molecule has 39 heavy (non-hydrogen) atoms. The summed E-state index contributed by atoms with van der Waals surface area (Å²) in [4.78, 5) is 16.6. The van der Waals surface area contributed by atoms with Crippen LogP contribution in [0.4, 0.5) is 5.69 Å². The van der Waals surface area contributed by atoms with E-state index in [2.05, 4.69) is 82.7 Å². The SMILES string of the molecule is O=C(O)c1ccc2c(c1)nc(-c1cccc(CNc3ccc(Cc4ccccc4)cc3)c1)n2C1CCCCC1. The van der Waals surface area contributed by atoms with Crippen LogP contribution < -0.4 is 5.32 Å². The highest BCUT2D eigenvalue weighted by Crippen LogP contribution is 2.36. The summed E-state index contributed by atoms with van der Waals surface area (Å²) in [6.07, 6.45) is 6.88. The Morgan fingerprint density at radius 1 is 0.821 bits per heavy atom. The van der Waals surface area contributed by atoms with Crippen LogP contribution in [0.25, 0.3) is 22.4 Å². The number of imidazole rings is 1. The van der Waals surface area contributed by atoms with E-state index in [0.717, 1.165) is 47.4 Å². The number of nitrogens with one attached hydrogen (secondary N) is 1. The molecule has 0 atom stereocenters. The van der Waals surface area contributed by atoms with Gasteiger partial charge in [0.05, 0.1) is 16.6 Å². The van der Waals surface area contributed by atoms with Gasteiger partial charge in [0.15, 0.2) is 0 Å². The zero-order valence-electron chi connectivity index (χ0n) is 22.0. The molecular formula is C34H33N3O2. The van der Waals surface area contributed by atoms with Crippen molar-refractivity contribution in [2.45, 2.75) is 51.1 Å². The molecule has 5 nitrogen and oxygen atoms in total. The van der Waals surface area contributed by atoms with Crippen molar-refractivity contribution in [2.75, 3.05) is 5.32 Å². The maximum atomic E-state index is 11.6. The van der Waals surface area contributed by atoms with E-state index in [-0.39, 0.29) is 5.56 Å². The summed E-state index contributed by atoms with van der Waals surface area (Å²) in [5.74, 6) is -0.00149. The molecule has 6 rings (SSSR count). The molecule has 1 aliphatic rings. The number of hydrogen-bond acceptors (Lipinski definition) is 3. The fourth-order valence-electron chi connectivity index (χ4n) is 5.74. The highest BCUT2D eigenvalue weighted by molar-refractivity contribution is 5.93. The van der Waals surface area contributed by atoms with E-state index < -0.39 is 5.97 Å². The fourth-order valence-corrected chi connectivity index (χ4v) is 5.74. The van der Waals surface area contributed by atoms with E-state index in [9.17, 15) is 9.90 Å². The van der Waals surface area contributed by atoms with Crippen LogP contribution in [0.1, 0.15) is 65.2 Å². The first-order valence-electron chi connectivity index (χ1n) is 13.9. The Bertz CT molecular complexity index is 1580. The number of rotatable bonds is 8. The monoisotopic (exact) mass is 515 g/mol. The lowest BCUT2D eigenvalue weighted by Crippen LogP contribution is -2.14. The molecule has 0 spiro atoms. The fraction of sp³-hybridized carbons (Fsp3) is 0.235. The summed E-state index contributed by atoms with van der Waals surface area (Å²) >= 11 is 0. The maximum absolute atomic E-state index is 11.6. The molecule has 0 aliphatic heterocycles. The van der Waals surface area contributed by atoms with E-state index in [0.29, 0.717) is 12.6 Å². The van der Waals surface area contributed by atoms with Gasteiger partial charge < -0.3 is 15.0 Å². The molecule has 5 aromatic rings. The van der Waals surface area contributed by atoms with Crippen LogP contribution >= 0.6 is 0 Å². The number of aromatic nitrogens is 2. The third-order valence-corrected chi connectivity index (χ3v) is 7.76. The zero-order chi connectivity index (χ0) is 26.6. The number of carboxylic acids is 1. The predicted octanol–water partition coefficient (Wildman–Crippen LogP) is 8.11. The lowest BCUT2D eigenvalue weighted by molar-refractivity contribution is 0.0697. The maximum Gasteiger partial charge on any atom is 0.335 e. The van der Waals surface area contributed by atoms with Gasteiger partial charge in [-0.2, -0.15) is 0 Å². The zero-order valence-corrected chi connectivity index (χ0v) is 22.0. The minimum atomic E-state index is -0.924. The molecule has 4 aromatic carbocycles. The van der Waals surface area contributed by atoms with Gasteiger partial charge in [0.1, 0.15) is 5.82 Å². The molecule has 0 unspecified atom stereocenters. The van der Waals surface area contributed by atoms with Crippen molar-refractivity contribution in [3.63, 3.8) is 0 Å². The molecule has 1 heterocycles. The Labute approximate surface area is 229 Å². The molecule has 0 amide bonds. The number of fused-ring (bicyclic) bond motifs is 1. The molecule has 2 N–H and O–H groups in total. The van der Waals surface area contributed by atoms with E-state index in [1.807, 2.05) is 12.1 Å². The molecule has 1 fully saturated rings. The van der Waals surface area contributed by atoms with Gasteiger partial charge in [-0.3, -0.25) is 0 Å². The van der Waals surface area contributed by atoms with Gasteiger partial charge in [-0.05, 0) is 72.4 Å². The van der Waals surface area contributed by atoms with Gasteiger partial charge in [0, 0.05) is 23.8 Å². The summed E-state index contributed by atoms with van der Waals surface area (Å²) in [6, 6.07) is 33.4. The smallest absolute Gasteiger partial charge is 0.335 e. The van der Waals surface area contributed by atoms with Gasteiger partial charge >= 0.3 is 5.97 Å². The lowest BCUT2D eigenvalue weighted by atomic mass is 9.94. The summed E-state index contributed by atoms with van der Waals surface area (Å²) in [5, 5.41) is 13.1. The van der Waals surface area contributed by atoms with Crippen LogP contribution in [-0.4, -0.2) is 20.6 Å². The van der Waals surface area contributed by atoms with Crippen LogP contribution in [0.3, 0.4) is 0 Å². The van der Waals surface area contributed by atoms with Crippen molar-refractivity contribution in [3.05, 3.63) is 119 Å². The number of nitrogens with zero attached hydrogens (tertiary/aromatic N) is 2.